The minimum Gasteiger partial charge on any atom is -0.0883 e. The highest BCUT2D eigenvalue weighted by Crippen LogP contribution is 2.26. The first kappa shape index (κ1) is 26.7. The van der Waals surface area contributed by atoms with E-state index in [0.29, 0.717) is 0 Å². The molecule has 0 saturated carbocycles. The molecule has 0 saturated heterocycles. The summed E-state index contributed by atoms with van der Waals surface area (Å²) in [6, 6.07) is 0. The molecule has 0 nitrogen and oxygen atoms in total. The largest absolute Gasteiger partial charge is 0.0883 e. The van der Waals surface area contributed by atoms with Crippen molar-refractivity contribution in [3.05, 3.63) is 12.2 Å². The van der Waals surface area contributed by atoms with Gasteiger partial charge in [-0.25, -0.2) is 0 Å². The van der Waals surface area contributed by atoms with E-state index in [2.05, 4.69) is 60.6 Å². The Bertz CT molecular complexity index is 329. The molecule has 0 N–H and O–H groups in total. The number of rotatable bonds is 18. The molecule has 0 aliphatic carbocycles. The van der Waals surface area contributed by atoms with E-state index >= 15 is 0 Å². The Morgan fingerprint density at radius 3 is 1.85 bits per heavy atom. The molecule has 162 valence electrons. The van der Waals surface area contributed by atoms with Crippen molar-refractivity contribution in [2.75, 3.05) is 0 Å². The van der Waals surface area contributed by atoms with E-state index in [1.807, 2.05) is 0 Å². The average molecular weight is 379 g/mol. The molecule has 0 rings (SSSR count). The Hall–Kier alpha value is -0.260. The van der Waals surface area contributed by atoms with E-state index in [9.17, 15) is 0 Å². The first-order valence-electron chi connectivity index (χ1n) is 12.6. The molecule has 0 bridgehead atoms. The predicted molar refractivity (Wildman–Crippen MR) is 126 cm³/mol. The van der Waals surface area contributed by atoms with Gasteiger partial charge < -0.3 is 0 Å². The molecule has 0 aromatic carbocycles. The van der Waals surface area contributed by atoms with Crippen LogP contribution in [0.1, 0.15) is 132 Å². The molecule has 0 heteroatoms. The van der Waals surface area contributed by atoms with Crippen molar-refractivity contribution in [2.24, 2.45) is 29.6 Å². The Balaban J connectivity index is 3.79. The molecule has 27 heavy (non-hydrogen) atoms. The van der Waals surface area contributed by atoms with E-state index in [1.54, 1.807) is 0 Å². The molecule has 0 aromatic heterocycles. The van der Waals surface area contributed by atoms with Gasteiger partial charge in [-0.3, -0.25) is 0 Å². The van der Waals surface area contributed by atoms with Crippen molar-refractivity contribution >= 4 is 0 Å². The number of hydrogen-bond donors (Lipinski definition) is 0. The average Bonchev–Trinajstić information content (AvgIpc) is 2.58. The first-order chi connectivity index (χ1) is 12.9. The van der Waals surface area contributed by atoms with Gasteiger partial charge in [0.15, 0.2) is 0 Å². The van der Waals surface area contributed by atoms with Gasteiger partial charge >= 0.3 is 0 Å². The van der Waals surface area contributed by atoms with Crippen LogP contribution in [0, 0.1) is 29.6 Å². The van der Waals surface area contributed by atoms with Crippen LogP contribution in [0.25, 0.3) is 0 Å². The summed E-state index contributed by atoms with van der Waals surface area (Å²) in [4.78, 5) is 0. The van der Waals surface area contributed by atoms with Crippen LogP contribution in [0.4, 0.5) is 0 Å². The maximum atomic E-state index is 2.49. The summed E-state index contributed by atoms with van der Waals surface area (Å²) in [5, 5.41) is 0. The fourth-order valence-corrected chi connectivity index (χ4v) is 4.87. The third kappa shape index (κ3) is 17.6. The van der Waals surface area contributed by atoms with Gasteiger partial charge in [0.05, 0.1) is 0 Å². The van der Waals surface area contributed by atoms with Crippen molar-refractivity contribution in [3.63, 3.8) is 0 Å². The molecule has 1 unspecified atom stereocenters. The number of unbranched alkanes of at least 4 members (excludes halogenated alkanes) is 4. The molecular weight excluding hydrogens is 324 g/mol. The van der Waals surface area contributed by atoms with Gasteiger partial charge in [-0.15, -0.1) is 0 Å². The van der Waals surface area contributed by atoms with Gasteiger partial charge in [0.2, 0.25) is 0 Å². The molecule has 0 aromatic rings. The van der Waals surface area contributed by atoms with Crippen molar-refractivity contribution in [1.29, 1.82) is 0 Å². The molecule has 0 heterocycles. The summed E-state index contributed by atoms with van der Waals surface area (Å²) < 4.78 is 0. The Morgan fingerprint density at radius 2 is 1.19 bits per heavy atom. The van der Waals surface area contributed by atoms with Crippen LogP contribution in [-0.2, 0) is 0 Å². The van der Waals surface area contributed by atoms with Crippen LogP contribution in [0.15, 0.2) is 12.2 Å². The highest BCUT2D eigenvalue weighted by atomic mass is 14.2. The van der Waals surface area contributed by atoms with Crippen LogP contribution in [-0.4, -0.2) is 0 Å². The highest BCUT2D eigenvalue weighted by molar-refractivity contribution is 4.87. The molecule has 0 aliphatic rings. The SMILES string of the molecule is CCCCCC[C@H](C)CCC/C=C/[C@H](C)C[C@@H](C)C[C@@H](C)CC(C)CCC. The lowest BCUT2D eigenvalue weighted by Gasteiger charge is -2.21. The maximum absolute atomic E-state index is 2.49. The Morgan fingerprint density at radius 1 is 0.556 bits per heavy atom. The second-order valence-corrected chi connectivity index (χ2v) is 10.1. The summed E-state index contributed by atoms with van der Waals surface area (Å²) >= 11 is 0. The normalized spacial score (nSPS) is 17.7. The summed E-state index contributed by atoms with van der Waals surface area (Å²) in [7, 11) is 0. The van der Waals surface area contributed by atoms with Crippen LogP contribution in [0.5, 0.6) is 0 Å². The van der Waals surface area contributed by atoms with Crippen molar-refractivity contribution in [3.8, 4) is 0 Å². The lowest BCUT2D eigenvalue weighted by Crippen LogP contribution is -2.09. The summed E-state index contributed by atoms with van der Waals surface area (Å²) in [6.45, 7) is 16.8. The summed E-state index contributed by atoms with van der Waals surface area (Å²) in [6.07, 6.45) is 23.0. The van der Waals surface area contributed by atoms with Gasteiger partial charge in [0.25, 0.3) is 0 Å². The third-order valence-corrected chi connectivity index (χ3v) is 6.25. The lowest BCUT2D eigenvalue weighted by atomic mass is 9.84. The van der Waals surface area contributed by atoms with Crippen LogP contribution >= 0.6 is 0 Å². The topological polar surface area (TPSA) is 0 Å². The molecule has 0 amide bonds. The van der Waals surface area contributed by atoms with Crippen LogP contribution < -0.4 is 0 Å². The van der Waals surface area contributed by atoms with Crippen molar-refractivity contribution in [1.82, 2.24) is 0 Å². The highest BCUT2D eigenvalue weighted by Gasteiger charge is 2.13. The quantitative estimate of drug-likeness (QED) is 0.164. The van der Waals surface area contributed by atoms with E-state index in [4.69, 9.17) is 0 Å². The van der Waals surface area contributed by atoms with Crippen LogP contribution in [0.3, 0.4) is 0 Å². The van der Waals surface area contributed by atoms with E-state index in [1.165, 1.54) is 83.5 Å². The van der Waals surface area contributed by atoms with Gasteiger partial charge in [-0.2, -0.15) is 0 Å². The van der Waals surface area contributed by atoms with Crippen molar-refractivity contribution in [2.45, 2.75) is 132 Å². The van der Waals surface area contributed by atoms with Gasteiger partial charge in [0.1, 0.15) is 0 Å². The van der Waals surface area contributed by atoms with Crippen molar-refractivity contribution < 1.29 is 0 Å². The zero-order valence-electron chi connectivity index (χ0n) is 20.2. The Labute approximate surface area is 174 Å². The molecular formula is C27H54. The first-order valence-corrected chi connectivity index (χ1v) is 12.6. The minimum atomic E-state index is 0.742. The number of hydrogen-bond acceptors (Lipinski definition) is 0. The monoisotopic (exact) mass is 378 g/mol. The van der Waals surface area contributed by atoms with E-state index < -0.39 is 0 Å². The second-order valence-electron chi connectivity index (χ2n) is 10.1. The molecule has 5 atom stereocenters. The second kappa shape index (κ2) is 17.8. The van der Waals surface area contributed by atoms with Gasteiger partial charge in [-0.05, 0) is 61.7 Å². The lowest BCUT2D eigenvalue weighted by molar-refractivity contribution is 0.312. The summed E-state index contributed by atoms with van der Waals surface area (Å²) in [5.74, 6) is 4.31. The fourth-order valence-electron chi connectivity index (χ4n) is 4.87. The maximum Gasteiger partial charge on any atom is -0.0259 e. The zero-order valence-corrected chi connectivity index (χ0v) is 20.2. The van der Waals surface area contributed by atoms with Gasteiger partial charge in [-0.1, -0.05) is 112 Å². The molecule has 0 spiro atoms. The molecule has 0 radical (unpaired) electrons. The zero-order chi connectivity index (χ0) is 20.5. The summed E-state index contributed by atoms with van der Waals surface area (Å²) in [5.41, 5.74) is 0. The van der Waals surface area contributed by atoms with E-state index in [0.717, 1.165) is 29.6 Å². The predicted octanol–water partition coefficient (Wildman–Crippen LogP) is 9.83. The van der Waals surface area contributed by atoms with Gasteiger partial charge in [0, 0.05) is 0 Å². The Kier molecular flexibility index (Phi) is 17.6. The van der Waals surface area contributed by atoms with E-state index in [-0.39, 0.29) is 0 Å². The number of allylic oxidation sites excluding steroid dienone is 2. The fraction of sp³-hybridized carbons (Fsp3) is 0.926. The third-order valence-electron chi connectivity index (χ3n) is 6.25. The smallest absolute Gasteiger partial charge is 0.0259 e. The molecule has 0 aliphatic heterocycles. The molecule has 0 fully saturated rings. The van der Waals surface area contributed by atoms with Crippen LogP contribution in [0.2, 0.25) is 0 Å². The standard InChI is InChI=1S/C27H54/c1-8-10-11-13-17-23(3)18-14-12-15-19-25(5)21-27(7)22-26(6)20-24(4)16-9-2/h15,19,23-27H,8-14,16-18,20-22H2,1-7H3/b19-15+/t23-,24?,25-,26-,27+/m0/s1. The minimum absolute atomic E-state index is 0.742.